The number of hydrogen-bond donors (Lipinski definition) is 1. The lowest BCUT2D eigenvalue weighted by Gasteiger charge is -2.37. The predicted octanol–water partition coefficient (Wildman–Crippen LogP) is 4.27. The topological polar surface area (TPSA) is 62.2 Å². The second kappa shape index (κ2) is 11.3. The maximum Gasteiger partial charge on any atom is 0.254 e. The van der Waals surface area contributed by atoms with Crippen molar-refractivity contribution in [1.82, 2.24) is 9.80 Å². The third kappa shape index (κ3) is 5.93. The van der Waals surface area contributed by atoms with Crippen LogP contribution in [0.2, 0.25) is 0 Å². The van der Waals surface area contributed by atoms with Crippen LogP contribution in [0, 0.1) is 5.92 Å². The largest absolute Gasteiger partial charge is 0.491 e. The Morgan fingerprint density at radius 3 is 2.58 bits per heavy atom. The summed E-state index contributed by atoms with van der Waals surface area (Å²) < 4.78 is 12.0. The van der Waals surface area contributed by atoms with Gasteiger partial charge in [0.25, 0.3) is 5.91 Å². The van der Waals surface area contributed by atoms with Crippen LogP contribution < -0.4 is 4.74 Å². The molecule has 2 fully saturated rings. The lowest BCUT2D eigenvalue weighted by molar-refractivity contribution is 0.0286. The Bertz CT molecular complexity index is 1040. The maximum atomic E-state index is 13.6. The molecule has 1 N–H and O–H groups in total. The van der Waals surface area contributed by atoms with E-state index in [4.69, 9.17) is 9.47 Å². The van der Waals surface area contributed by atoms with Crippen LogP contribution in [0.1, 0.15) is 66.6 Å². The van der Waals surface area contributed by atoms with Crippen molar-refractivity contribution >= 4 is 5.91 Å². The Kier molecular flexibility index (Phi) is 7.94. The smallest absolute Gasteiger partial charge is 0.254 e. The van der Waals surface area contributed by atoms with Crippen molar-refractivity contribution in [3.05, 3.63) is 64.7 Å². The number of piperidine rings is 1. The number of rotatable bonds is 3. The second-order valence-corrected chi connectivity index (χ2v) is 11.1. The van der Waals surface area contributed by atoms with Crippen LogP contribution in [0.3, 0.4) is 0 Å². The highest BCUT2D eigenvalue weighted by Gasteiger charge is 2.43. The SMILES string of the molecule is CC(C)CN1CCOCCOc2ccc(C(=O)N3C4CCC3CC(O)C4)cc2Cc2cccc(c2)C1. The molecule has 2 atom stereocenters. The van der Waals surface area contributed by atoms with Crippen LogP contribution >= 0.6 is 0 Å². The average molecular weight is 493 g/mol. The molecule has 0 spiro atoms. The second-order valence-electron chi connectivity index (χ2n) is 11.1. The van der Waals surface area contributed by atoms with E-state index in [1.165, 1.54) is 11.1 Å². The van der Waals surface area contributed by atoms with Gasteiger partial charge in [-0.05, 0) is 66.5 Å². The molecule has 0 radical (unpaired) electrons. The Morgan fingerprint density at radius 1 is 1.03 bits per heavy atom. The molecular formula is C30H40N2O4. The molecule has 2 saturated heterocycles. The third-order valence-corrected chi connectivity index (χ3v) is 7.70. The average Bonchev–Trinajstić information content (AvgIpc) is 3.11. The number of fused-ring (bicyclic) bond motifs is 5. The molecule has 0 aliphatic carbocycles. The van der Waals surface area contributed by atoms with Gasteiger partial charge in [-0.15, -0.1) is 0 Å². The number of aliphatic hydroxyl groups is 1. The van der Waals surface area contributed by atoms with Gasteiger partial charge in [-0.25, -0.2) is 0 Å². The van der Waals surface area contributed by atoms with Gasteiger partial charge in [0.15, 0.2) is 0 Å². The predicted molar refractivity (Wildman–Crippen MR) is 140 cm³/mol. The lowest BCUT2D eigenvalue weighted by Crippen LogP contribution is -2.48. The molecule has 36 heavy (non-hydrogen) atoms. The summed E-state index contributed by atoms with van der Waals surface area (Å²) in [7, 11) is 0. The van der Waals surface area contributed by atoms with Gasteiger partial charge >= 0.3 is 0 Å². The molecule has 3 aliphatic rings. The number of amides is 1. The maximum absolute atomic E-state index is 13.6. The first-order valence-electron chi connectivity index (χ1n) is 13.6. The number of aliphatic hydroxyl groups excluding tert-OH is 1. The first-order chi connectivity index (χ1) is 17.5. The van der Waals surface area contributed by atoms with Crippen molar-refractivity contribution in [3.63, 3.8) is 0 Å². The molecular weight excluding hydrogens is 452 g/mol. The lowest BCUT2D eigenvalue weighted by atomic mass is 9.96. The zero-order valence-electron chi connectivity index (χ0n) is 21.7. The van der Waals surface area contributed by atoms with E-state index in [1.807, 2.05) is 23.1 Å². The van der Waals surface area contributed by atoms with Crippen molar-refractivity contribution < 1.29 is 19.4 Å². The van der Waals surface area contributed by atoms with Gasteiger partial charge in [-0.2, -0.15) is 0 Å². The number of carbonyl (C=O) groups is 1. The summed E-state index contributed by atoms with van der Waals surface area (Å²) >= 11 is 0. The Balaban J connectivity index is 1.40. The fourth-order valence-corrected chi connectivity index (χ4v) is 6.19. The zero-order chi connectivity index (χ0) is 25.1. The van der Waals surface area contributed by atoms with Crippen LogP contribution in [-0.2, 0) is 17.7 Å². The number of benzene rings is 2. The molecule has 3 heterocycles. The van der Waals surface area contributed by atoms with E-state index in [1.54, 1.807) is 0 Å². The third-order valence-electron chi connectivity index (χ3n) is 7.70. The first-order valence-corrected chi connectivity index (χ1v) is 13.6. The highest BCUT2D eigenvalue weighted by atomic mass is 16.5. The molecule has 2 aromatic carbocycles. The van der Waals surface area contributed by atoms with Crippen molar-refractivity contribution in [2.75, 3.05) is 32.9 Å². The van der Waals surface area contributed by atoms with E-state index in [0.29, 0.717) is 50.6 Å². The molecule has 194 valence electrons. The van der Waals surface area contributed by atoms with E-state index in [2.05, 4.69) is 43.0 Å². The summed E-state index contributed by atoms with van der Waals surface area (Å²) in [6, 6.07) is 14.9. The van der Waals surface area contributed by atoms with E-state index in [-0.39, 0.29) is 24.1 Å². The monoisotopic (exact) mass is 492 g/mol. The molecule has 2 unspecified atom stereocenters. The number of ether oxygens (including phenoxy) is 2. The van der Waals surface area contributed by atoms with Gasteiger partial charge in [0.05, 0.1) is 19.3 Å². The Hall–Kier alpha value is -2.41. The minimum atomic E-state index is -0.282. The normalized spacial score (nSPS) is 25.2. The highest BCUT2D eigenvalue weighted by Crippen LogP contribution is 2.37. The molecule has 6 nitrogen and oxygen atoms in total. The molecule has 5 rings (SSSR count). The van der Waals surface area contributed by atoms with Crippen molar-refractivity contribution in [2.45, 2.75) is 70.7 Å². The summed E-state index contributed by atoms with van der Waals surface area (Å²) in [5, 5.41) is 10.2. The number of nitrogens with zero attached hydrogens (tertiary/aromatic N) is 2. The summed E-state index contributed by atoms with van der Waals surface area (Å²) in [5.74, 6) is 1.49. The van der Waals surface area contributed by atoms with Crippen LogP contribution in [0.4, 0.5) is 0 Å². The van der Waals surface area contributed by atoms with Crippen LogP contribution in [0.5, 0.6) is 5.75 Å². The fraction of sp³-hybridized carbons (Fsp3) is 0.567. The van der Waals surface area contributed by atoms with Crippen molar-refractivity contribution in [2.24, 2.45) is 5.92 Å². The quantitative estimate of drug-likeness (QED) is 0.693. The number of carbonyl (C=O) groups excluding carboxylic acids is 1. The van der Waals surface area contributed by atoms with Crippen molar-refractivity contribution in [1.29, 1.82) is 0 Å². The van der Waals surface area contributed by atoms with Gasteiger partial charge < -0.3 is 19.5 Å². The molecule has 4 bridgehead atoms. The summed E-state index contributed by atoms with van der Waals surface area (Å²) in [5.41, 5.74) is 4.25. The van der Waals surface area contributed by atoms with Crippen molar-refractivity contribution in [3.8, 4) is 5.75 Å². The first kappa shape index (κ1) is 25.2. The summed E-state index contributed by atoms with van der Waals surface area (Å²) in [6.45, 7) is 9.06. The molecule has 1 amide bonds. The summed E-state index contributed by atoms with van der Waals surface area (Å²) in [4.78, 5) is 18.1. The van der Waals surface area contributed by atoms with Gasteiger partial charge in [0.2, 0.25) is 0 Å². The minimum absolute atomic E-state index is 0.0815. The molecule has 2 aromatic rings. The van der Waals surface area contributed by atoms with E-state index in [0.717, 1.165) is 43.8 Å². The standard InChI is InChI=1S/C30H40N2O4/c1-21(2)19-31-10-11-35-12-13-36-29-9-6-24(16-25(29)15-22-4-3-5-23(14-22)20-31)30(34)32-26-7-8-27(32)18-28(33)17-26/h3-6,9,14,16,21,26-28,33H,7-8,10-13,15,17-20H2,1-2H3. The van der Waals surface area contributed by atoms with Gasteiger partial charge in [0, 0.05) is 43.7 Å². The molecule has 6 heteroatoms. The fourth-order valence-electron chi connectivity index (χ4n) is 6.19. The van der Waals surface area contributed by atoms with E-state index >= 15 is 0 Å². The van der Waals surface area contributed by atoms with Crippen LogP contribution in [0.25, 0.3) is 0 Å². The molecule has 0 aromatic heterocycles. The van der Waals surface area contributed by atoms with E-state index in [9.17, 15) is 9.90 Å². The van der Waals surface area contributed by atoms with Gasteiger partial charge in [-0.1, -0.05) is 38.1 Å². The Labute approximate surface area is 215 Å². The van der Waals surface area contributed by atoms with Gasteiger partial charge in [0.1, 0.15) is 12.4 Å². The molecule has 0 saturated carbocycles. The van der Waals surface area contributed by atoms with Gasteiger partial charge in [-0.3, -0.25) is 9.69 Å². The summed E-state index contributed by atoms with van der Waals surface area (Å²) in [6.07, 6.45) is 3.79. The Morgan fingerprint density at radius 2 is 1.81 bits per heavy atom. The van der Waals surface area contributed by atoms with Crippen LogP contribution in [-0.4, -0.2) is 71.9 Å². The van der Waals surface area contributed by atoms with Crippen LogP contribution in [0.15, 0.2) is 42.5 Å². The zero-order valence-corrected chi connectivity index (χ0v) is 21.7. The number of hydrogen-bond acceptors (Lipinski definition) is 5. The molecule has 3 aliphatic heterocycles. The minimum Gasteiger partial charge on any atom is -0.491 e. The van der Waals surface area contributed by atoms with E-state index < -0.39 is 0 Å². The highest BCUT2D eigenvalue weighted by molar-refractivity contribution is 5.95.